The van der Waals surface area contributed by atoms with Crippen LogP contribution in [0.15, 0.2) is 48.5 Å². The van der Waals surface area contributed by atoms with E-state index < -0.39 is 0 Å². The van der Waals surface area contributed by atoms with Gasteiger partial charge in [0.05, 0.1) is 7.11 Å². The Morgan fingerprint density at radius 1 is 1.05 bits per heavy atom. The Balaban J connectivity index is 2.06. The summed E-state index contributed by atoms with van der Waals surface area (Å²) in [4.78, 5) is 0. The second-order valence-electron chi connectivity index (χ2n) is 5.53. The van der Waals surface area contributed by atoms with Gasteiger partial charge in [-0.05, 0) is 55.2 Å². The summed E-state index contributed by atoms with van der Waals surface area (Å²) < 4.78 is 5.15. The summed E-state index contributed by atoms with van der Waals surface area (Å²) in [5, 5.41) is 9.50. The number of hydrogen-bond acceptors (Lipinski definition) is 3. The smallest absolute Gasteiger partial charge is 0.118 e. The number of aromatic hydroxyl groups is 1. The molecule has 2 rings (SSSR count). The van der Waals surface area contributed by atoms with Crippen LogP contribution >= 0.6 is 0 Å². The highest BCUT2D eigenvalue weighted by molar-refractivity contribution is 5.31. The van der Waals surface area contributed by atoms with E-state index in [1.165, 1.54) is 5.56 Å². The number of methoxy groups -OCH3 is 1. The maximum absolute atomic E-state index is 9.50. The molecule has 0 saturated heterocycles. The van der Waals surface area contributed by atoms with Crippen LogP contribution in [0.25, 0.3) is 0 Å². The number of phenolic OH excluding ortho intramolecular Hbond substituents is 1. The highest BCUT2D eigenvalue weighted by Crippen LogP contribution is 2.20. The lowest BCUT2D eigenvalue weighted by Gasteiger charge is -2.25. The lowest BCUT2D eigenvalue weighted by molar-refractivity contribution is 0.414. The fourth-order valence-electron chi connectivity index (χ4n) is 2.40. The van der Waals surface area contributed by atoms with Crippen molar-refractivity contribution < 1.29 is 9.84 Å². The molecule has 0 aliphatic heterocycles. The molecular weight excluding hydrogens is 250 g/mol. The Kier molecular flexibility index (Phi) is 4.30. The Bertz CT molecular complexity index is 561. The second kappa shape index (κ2) is 5.97. The van der Waals surface area contributed by atoms with Crippen molar-refractivity contribution in [1.82, 2.24) is 0 Å². The summed E-state index contributed by atoms with van der Waals surface area (Å²) in [7, 11) is 1.66. The van der Waals surface area contributed by atoms with Crippen LogP contribution in [0.5, 0.6) is 11.5 Å². The summed E-state index contributed by atoms with van der Waals surface area (Å²) in [6.45, 7) is 2.03. The van der Waals surface area contributed by atoms with Crippen LogP contribution in [-0.4, -0.2) is 17.8 Å². The van der Waals surface area contributed by atoms with Gasteiger partial charge in [-0.25, -0.2) is 0 Å². The fraction of sp³-hybridized carbons (Fsp3) is 0.294. The van der Waals surface area contributed by atoms with Crippen molar-refractivity contribution in [2.75, 3.05) is 7.11 Å². The molecule has 0 spiro atoms. The standard InChI is InChI=1S/C17H21NO2/c1-17(18,12-14-4-3-5-15(19)10-14)11-13-6-8-16(20-2)9-7-13/h3-10,19H,11-12,18H2,1-2H3. The van der Waals surface area contributed by atoms with Gasteiger partial charge in [0.1, 0.15) is 11.5 Å². The zero-order valence-corrected chi connectivity index (χ0v) is 12.0. The van der Waals surface area contributed by atoms with E-state index in [2.05, 4.69) is 0 Å². The Morgan fingerprint density at radius 2 is 1.70 bits per heavy atom. The van der Waals surface area contributed by atoms with Crippen molar-refractivity contribution in [2.45, 2.75) is 25.3 Å². The van der Waals surface area contributed by atoms with Gasteiger partial charge in [0.25, 0.3) is 0 Å². The van der Waals surface area contributed by atoms with Crippen LogP contribution in [0.2, 0.25) is 0 Å². The quantitative estimate of drug-likeness (QED) is 0.879. The first-order chi connectivity index (χ1) is 9.48. The first-order valence-corrected chi connectivity index (χ1v) is 6.68. The maximum atomic E-state index is 9.50. The number of rotatable bonds is 5. The number of hydrogen-bond donors (Lipinski definition) is 2. The molecule has 0 saturated carbocycles. The molecule has 1 atom stereocenters. The molecule has 3 nitrogen and oxygen atoms in total. The molecule has 0 radical (unpaired) electrons. The van der Waals surface area contributed by atoms with Gasteiger partial charge in [-0.3, -0.25) is 0 Å². The van der Waals surface area contributed by atoms with Gasteiger partial charge in [-0.2, -0.15) is 0 Å². The zero-order chi connectivity index (χ0) is 14.6. The number of phenols is 1. The predicted octanol–water partition coefficient (Wildman–Crippen LogP) is 2.90. The van der Waals surface area contributed by atoms with Crippen molar-refractivity contribution in [3.05, 3.63) is 59.7 Å². The maximum Gasteiger partial charge on any atom is 0.118 e. The van der Waals surface area contributed by atoms with Crippen LogP contribution in [0.1, 0.15) is 18.1 Å². The molecule has 3 heteroatoms. The van der Waals surface area contributed by atoms with Gasteiger partial charge >= 0.3 is 0 Å². The lowest BCUT2D eigenvalue weighted by atomic mass is 9.87. The average Bonchev–Trinajstić information content (AvgIpc) is 2.38. The Morgan fingerprint density at radius 3 is 2.30 bits per heavy atom. The highest BCUT2D eigenvalue weighted by Gasteiger charge is 2.20. The topological polar surface area (TPSA) is 55.5 Å². The van der Waals surface area contributed by atoms with Crippen molar-refractivity contribution in [2.24, 2.45) is 5.73 Å². The summed E-state index contributed by atoms with van der Waals surface area (Å²) in [6, 6.07) is 15.2. The highest BCUT2D eigenvalue weighted by atomic mass is 16.5. The first-order valence-electron chi connectivity index (χ1n) is 6.68. The minimum atomic E-state index is -0.359. The molecule has 0 aliphatic carbocycles. The fourth-order valence-corrected chi connectivity index (χ4v) is 2.40. The summed E-state index contributed by atoms with van der Waals surface area (Å²) in [5.41, 5.74) is 8.25. The summed E-state index contributed by atoms with van der Waals surface area (Å²) >= 11 is 0. The zero-order valence-electron chi connectivity index (χ0n) is 12.0. The molecule has 1 unspecified atom stereocenters. The third kappa shape index (κ3) is 4.00. The molecule has 0 amide bonds. The molecule has 20 heavy (non-hydrogen) atoms. The molecule has 0 aliphatic rings. The van der Waals surface area contributed by atoms with Crippen LogP contribution in [0, 0.1) is 0 Å². The van der Waals surface area contributed by atoms with E-state index in [1.807, 2.05) is 43.3 Å². The van der Waals surface area contributed by atoms with Gasteiger partial charge in [0.15, 0.2) is 0 Å². The van der Waals surface area contributed by atoms with E-state index in [0.717, 1.165) is 17.7 Å². The number of ether oxygens (including phenoxy) is 1. The Labute approximate surface area is 120 Å². The Hall–Kier alpha value is -2.00. The van der Waals surface area contributed by atoms with Crippen LogP contribution < -0.4 is 10.5 Å². The molecule has 0 heterocycles. The van der Waals surface area contributed by atoms with Crippen molar-refractivity contribution in [1.29, 1.82) is 0 Å². The molecule has 106 valence electrons. The van der Waals surface area contributed by atoms with E-state index in [-0.39, 0.29) is 11.3 Å². The molecule has 0 aromatic heterocycles. The molecule has 0 bridgehead atoms. The lowest BCUT2D eigenvalue weighted by Crippen LogP contribution is -2.40. The van der Waals surface area contributed by atoms with E-state index >= 15 is 0 Å². The van der Waals surface area contributed by atoms with Crippen molar-refractivity contribution in [3.63, 3.8) is 0 Å². The van der Waals surface area contributed by atoms with Crippen molar-refractivity contribution in [3.8, 4) is 11.5 Å². The first kappa shape index (κ1) is 14.4. The second-order valence-corrected chi connectivity index (χ2v) is 5.53. The molecule has 0 fully saturated rings. The van der Waals surface area contributed by atoms with Crippen LogP contribution in [0.3, 0.4) is 0 Å². The molecular formula is C17H21NO2. The van der Waals surface area contributed by atoms with E-state index in [9.17, 15) is 5.11 Å². The van der Waals surface area contributed by atoms with E-state index in [0.29, 0.717) is 6.42 Å². The predicted molar refractivity (Wildman–Crippen MR) is 81.1 cm³/mol. The monoisotopic (exact) mass is 271 g/mol. The van der Waals surface area contributed by atoms with Crippen LogP contribution in [-0.2, 0) is 12.8 Å². The minimum absolute atomic E-state index is 0.280. The number of benzene rings is 2. The van der Waals surface area contributed by atoms with E-state index in [4.69, 9.17) is 10.5 Å². The molecule has 2 aromatic carbocycles. The molecule has 2 aromatic rings. The third-order valence-electron chi connectivity index (χ3n) is 3.29. The summed E-state index contributed by atoms with van der Waals surface area (Å²) in [6.07, 6.45) is 1.49. The summed E-state index contributed by atoms with van der Waals surface area (Å²) in [5.74, 6) is 1.13. The third-order valence-corrected chi connectivity index (χ3v) is 3.29. The van der Waals surface area contributed by atoms with E-state index in [1.54, 1.807) is 19.2 Å². The number of nitrogens with two attached hydrogens (primary N) is 1. The van der Waals surface area contributed by atoms with Gasteiger partial charge in [-0.15, -0.1) is 0 Å². The average molecular weight is 271 g/mol. The van der Waals surface area contributed by atoms with Gasteiger partial charge < -0.3 is 15.6 Å². The minimum Gasteiger partial charge on any atom is -0.508 e. The van der Waals surface area contributed by atoms with Crippen molar-refractivity contribution >= 4 is 0 Å². The normalized spacial score (nSPS) is 13.8. The van der Waals surface area contributed by atoms with Gasteiger partial charge in [-0.1, -0.05) is 24.3 Å². The van der Waals surface area contributed by atoms with Crippen LogP contribution in [0.4, 0.5) is 0 Å². The van der Waals surface area contributed by atoms with Gasteiger partial charge in [0, 0.05) is 5.54 Å². The largest absolute Gasteiger partial charge is 0.508 e. The van der Waals surface area contributed by atoms with Gasteiger partial charge in [0.2, 0.25) is 0 Å². The SMILES string of the molecule is COc1ccc(CC(C)(N)Cc2cccc(O)c2)cc1. The molecule has 3 N–H and O–H groups in total.